The Balaban J connectivity index is 1.84. The summed E-state index contributed by atoms with van der Waals surface area (Å²) < 4.78 is 29.0. The number of para-hydroxylation sites is 1. The van der Waals surface area contributed by atoms with Crippen molar-refractivity contribution in [2.24, 2.45) is 0 Å². The fourth-order valence-electron chi connectivity index (χ4n) is 2.54. The predicted octanol–water partition coefficient (Wildman–Crippen LogP) is 5.91. The van der Waals surface area contributed by atoms with E-state index in [1.165, 1.54) is 0 Å². The first kappa shape index (κ1) is 18.2. The Morgan fingerprint density at radius 2 is 1.76 bits per heavy atom. The van der Waals surface area contributed by atoms with E-state index in [4.69, 9.17) is 25.1 Å². The average Bonchev–Trinajstić information content (AvgIpc) is 3.01. The van der Waals surface area contributed by atoms with Crippen molar-refractivity contribution < 1.29 is 18.0 Å². The second-order valence-corrected chi connectivity index (χ2v) is 7.87. The van der Waals surface area contributed by atoms with E-state index in [0.29, 0.717) is 35.2 Å². The molecule has 2 aromatic carbocycles. The molecule has 3 aromatic rings. The van der Waals surface area contributed by atoms with Gasteiger partial charge in [-0.3, -0.25) is 4.57 Å². The van der Waals surface area contributed by atoms with Crippen LogP contribution in [0.3, 0.4) is 0 Å². The lowest BCUT2D eigenvalue weighted by atomic mass is 10.1. The maximum atomic E-state index is 12.6. The van der Waals surface area contributed by atoms with E-state index in [0.717, 1.165) is 11.1 Å². The topological polar surface area (TPSA) is 61.6 Å². The van der Waals surface area contributed by atoms with E-state index in [-0.39, 0.29) is 6.16 Å². The number of oxazole rings is 1. The van der Waals surface area contributed by atoms with Crippen LogP contribution in [0.5, 0.6) is 0 Å². The summed E-state index contributed by atoms with van der Waals surface area (Å²) in [5.41, 5.74) is 2.96. The van der Waals surface area contributed by atoms with Gasteiger partial charge < -0.3 is 13.5 Å². The zero-order valence-electron chi connectivity index (χ0n) is 14.1. The van der Waals surface area contributed by atoms with Gasteiger partial charge in [0, 0.05) is 5.56 Å². The number of hydrogen-bond donors (Lipinski definition) is 0. The number of halogens is 1. The summed E-state index contributed by atoms with van der Waals surface area (Å²) >= 11 is 6.12. The summed E-state index contributed by atoms with van der Waals surface area (Å²) in [5, 5.41) is 0.530. The van der Waals surface area contributed by atoms with E-state index in [1.54, 1.807) is 19.9 Å². The predicted molar refractivity (Wildman–Crippen MR) is 99.0 cm³/mol. The highest BCUT2D eigenvalue weighted by Crippen LogP contribution is 2.51. The van der Waals surface area contributed by atoms with Crippen LogP contribution in [0.15, 0.2) is 46.9 Å². The van der Waals surface area contributed by atoms with Gasteiger partial charge in [-0.1, -0.05) is 29.8 Å². The Kier molecular flexibility index (Phi) is 5.60. The van der Waals surface area contributed by atoms with Gasteiger partial charge in [-0.25, -0.2) is 4.98 Å². The number of rotatable bonds is 7. The van der Waals surface area contributed by atoms with Gasteiger partial charge >= 0.3 is 7.60 Å². The van der Waals surface area contributed by atoms with E-state index in [9.17, 15) is 4.57 Å². The Bertz CT molecular complexity index is 897. The second-order valence-electron chi connectivity index (χ2n) is 5.41. The molecular weight excluding hydrogens is 361 g/mol. The lowest BCUT2D eigenvalue weighted by Gasteiger charge is -2.16. The molecule has 0 amide bonds. The first-order valence-corrected chi connectivity index (χ1v) is 10.2. The molecule has 0 saturated carbocycles. The van der Waals surface area contributed by atoms with E-state index in [2.05, 4.69) is 4.98 Å². The Morgan fingerprint density at radius 3 is 2.36 bits per heavy atom. The largest absolute Gasteiger partial charge is 0.435 e. The van der Waals surface area contributed by atoms with E-state index >= 15 is 0 Å². The zero-order valence-corrected chi connectivity index (χ0v) is 15.7. The van der Waals surface area contributed by atoms with Crippen molar-refractivity contribution in [3.05, 3.63) is 53.1 Å². The molecule has 0 unspecified atom stereocenters. The van der Waals surface area contributed by atoms with Crippen LogP contribution in [-0.4, -0.2) is 18.2 Å². The Hall–Kier alpha value is -1.65. The van der Waals surface area contributed by atoms with Gasteiger partial charge in [-0.2, -0.15) is 0 Å². The molecule has 3 rings (SSSR count). The highest BCUT2D eigenvalue weighted by molar-refractivity contribution is 7.53. The van der Waals surface area contributed by atoms with Crippen LogP contribution < -0.4 is 0 Å². The first-order valence-electron chi connectivity index (χ1n) is 8.07. The summed E-state index contributed by atoms with van der Waals surface area (Å²) in [6, 6.07) is 12.9. The van der Waals surface area contributed by atoms with E-state index < -0.39 is 7.60 Å². The molecule has 7 heteroatoms. The van der Waals surface area contributed by atoms with Crippen molar-refractivity contribution in [2.75, 3.05) is 13.2 Å². The van der Waals surface area contributed by atoms with Gasteiger partial charge in [-0.15, -0.1) is 0 Å². The smallest absolute Gasteiger partial charge is 0.335 e. The number of nitrogens with zero attached hydrogens (tertiary/aromatic N) is 1. The molecule has 25 heavy (non-hydrogen) atoms. The molecule has 0 aliphatic heterocycles. The molecule has 0 spiro atoms. The number of benzene rings is 2. The minimum Gasteiger partial charge on any atom is -0.435 e. The van der Waals surface area contributed by atoms with Crippen molar-refractivity contribution >= 4 is 30.3 Å². The molecule has 0 fully saturated rings. The lowest BCUT2D eigenvalue weighted by Crippen LogP contribution is -1.99. The van der Waals surface area contributed by atoms with Crippen LogP contribution in [-0.2, 0) is 19.8 Å². The summed E-state index contributed by atoms with van der Waals surface area (Å²) in [4.78, 5) is 4.45. The van der Waals surface area contributed by atoms with E-state index in [1.807, 2.05) is 36.4 Å². The maximum Gasteiger partial charge on any atom is 0.335 e. The Labute approximate surface area is 151 Å². The van der Waals surface area contributed by atoms with Gasteiger partial charge in [0.1, 0.15) is 5.52 Å². The third-order valence-corrected chi connectivity index (χ3v) is 5.95. The maximum absolute atomic E-state index is 12.6. The standard InChI is InChI=1S/C18H19ClNO4P/c1-3-22-25(21,23-4-2)12-13-8-10-14(11-9-13)18-20-16-7-5-6-15(19)17(16)24-18/h5-11H,3-4,12H2,1-2H3. The van der Waals surface area contributed by atoms with Crippen LogP contribution in [0.1, 0.15) is 19.4 Å². The lowest BCUT2D eigenvalue weighted by molar-refractivity contribution is 0.219. The Morgan fingerprint density at radius 1 is 1.08 bits per heavy atom. The molecule has 0 bridgehead atoms. The minimum absolute atomic E-state index is 0.231. The van der Waals surface area contributed by atoms with Crippen molar-refractivity contribution in [3.63, 3.8) is 0 Å². The summed E-state index contributed by atoms with van der Waals surface area (Å²) in [5.74, 6) is 0.493. The fraction of sp³-hybridized carbons (Fsp3) is 0.278. The van der Waals surface area contributed by atoms with Gasteiger partial charge in [0.05, 0.1) is 24.4 Å². The molecule has 0 aliphatic carbocycles. The second kappa shape index (κ2) is 7.71. The monoisotopic (exact) mass is 379 g/mol. The summed E-state index contributed by atoms with van der Waals surface area (Å²) in [6.07, 6.45) is 0.231. The normalized spacial score (nSPS) is 12.0. The van der Waals surface area contributed by atoms with Gasteiger partial charge in [0.15, 0.2) is 5.58 Å². The molecule has 5 nitrogen and oxygen atoms in total. The average molecular weight is 380 g/mol. The highest BCUT2D eigenvalue weighted by atomic mass is 35.5. The molecule has 0 N–H and O–H groups in total. The van der Waals surface area contributed by atoms with Crippen molar-refractivity contribution in [2.45, 2.75) is 20.0 Å². The van der Waals surface area contributed by atoms with Crippen LogP contribution in [0, 0.1) is 0 Å². The molecule has 1 aromatic heterocycles. The first-order chi connectivity index (χ1) is 12.0. The molecule has 132 valence electrons. The third-order valence-electron chi connectivity index (χ3n) is 3.60. The third kappa shape index (κ3) is 4.13. The van der Waals surface area contributed by atoms with Gasteiger partial charge in [-0.05, 0) is 43.7 Å². The molecule has 0 saturated heterocycles. The van der Waals surface area contributed by atoms with Crippen LogP contribution >= 0.6 is 19.2 Å². The molecule has 0 aliphatic rings. The summed E-state index contributed by atoms with van der Waals surface area (Å²) in [6.45, 7) is 4.29. The van der Waals surface area contributed by atoms with Crippen LogP contribution in [0.2, 0.25) is 5.02 Å². The van der Waals surface area contributed by atoms with Crippen molar-refractivity contribution in [1.82, 2.24) is 4.98 Å². The molecule has 0 radical (unpaired) electrons. The zero-order chi connectivity index (χ0) is 17.9. The number of fused-ring (bicyclic) bond motifs is 1. The molecule has 0 atom stereocenters. The highest BCUT2D eigenvalue weighted by Gasteiger charge is 2.24. The van der Waals surface area contributed by atoms with Crippen LogP contribution in [0.4, 0.5) is 0 Å². The van der Waals surface area contributed by atoms with Gasteiger partial charge in [0.25, 0.3) is 0 Å². The van der Waals surface area contributed by atoms with Gasteiger partial charge in [0.2, 0.25) is 5.89 Å². The fourth-order valence-corrected chi connectivity index (χ4v) is 4.45. The van der Waals surface area contributed by atoms with Crippen molar-refractivity contribution in [3.8, 4) is 11.5 Å². The van der Waals surface area contributed by atoms with Crippen LogP contribution in [0.25, 0.3) is 22.6 Å². The molecular formula is C18H19ClNO4P. The quantitative estimate of drug-likeness (QED) is 0.477. The molecule has 1 heterocycles. The number of hydrogen-bond acceptors (Lipinski definition) is 5. The minimum atomic E-state index is -3.11. The SMILES string of the molecule is CCOP(=O)(Cc1ccc(-c2nc3cccc(Cl)c3o2)cc1)OCC. The van der Waals surface area contributed by atoms with Crippen molar-refractivity contribution in [1.29, 1.82) is 0 Å². The summed E-state index contributed by atoms with van der Waals surface area (Å²) in [7, 11) is -3.11. The number of aromatic nitrogens is 1.